The van der Waals surface area contributed by atoms with Gasteiger partial charge in [0, 0.05) is 0 Å². The first-order valence-corrected chi connectivity index (χ1v) is 12.4. The lowest BCUT2D eigenvalue weighted by Gasteiger charge is -2.50. The van der Waals surface area contributed by atoms with Crippen LogP contribution in [0, 0.1) is 17.3 Å². The molecule has 5 atom stereocenters. The molecule has 0 saturated heterocycles. The first kappa shape index (κ1) is 24.2. The Morgan fingerprint density at radius 1 is 1.26 bits per heavy atom. The van der Waals surface area contributed by atoms with Gasteiger partial charge in [0.2, 0.25) is 0 Å². The van der Waals surface area contributed by atoms with Crippen molar-refractivity contribution >= 4 is 10.4 Å². The van der Waals surface area contributed by atoms with Crippen LogP contribution in [0.25, 0.3) is 0 Å². The van der Waals surface area contributed by atoms with E-state index in [4.69, 9.17) is 0 Å². The fraction of sp³-hybridized carbons (Fsp3) is 0.652. The fourth-order valence-corrected chi connectivity index (χ4v) is 6.32. The highest BCUT2D eigenvalue weighted by molar-refractivity contribution is 7.81. The van der Waals surface area contributed by atoms with Crippen molar-refractivity contribution < 1.29 is 32.0 Å². The Kier molecular flexibility index (Phi) is 7.81. The highest BCUT2D eigenvalue weighted by atomic mass is 32.3. The van der Waals surface area contributed by atoms with E-state index in [2.05, 4.69) is 33.0 Å². The van der Waals surface area contributed by atoms with Crippen LogP contribution in [-0.2, 0) is 30.2 Å². The Balaban J connectivity index is 0.000000214. The largest absolute Gasteiger partial charge is 0.508 e. The van der Waals surface area contributed by atoms with E-state index in [-0.39, 0.29) is 24.7 Å². The van der Waals surface area contributed by atoms with E-state index in [9.17, 15) is 18.6 Å². The smallest absolute Gasteiger partial charge is 0.426 e. The molecule has 0 aromatic heterocycles. The predicted molar refractivity (Wildman–Crippen MR) is 117 cm³/mol. The van der Waals surface area contributed by atoms with E-state index in [0.29, 0.717) is 17.6 Å². The number of hydrogen-bond acceptors (Lipinski definition) is 7. The van der Waals surface area contributed by atoms with Crippen LogP contribution in [0.1, 0.15) is 63.0 Å². The second-order valence-corrected chi connectivity index (χ2v) is 10.1. The van der Waals surface area contributed by atoms with Crippen LogP contribution in [0.4, 0.5) is 0 Å². The third kappa shape index (κ3) is 5.31. The number of fused-ring (bicyclic) bond motifs is 5. The number of rotatable bonds is 6. The summed E-state index contributed by atoms with van der Waals surface area (Å²) in [5.41, 5.74) is 2.99. The quantitative estimate of drug-likeness (QED) is 0.380. The van der Waals surface area contributed by atoms with Crippen LogP contribution >= 0.6 is 0 Å². The second-order valence-electron chi connectivity index (χ2n) is 8.89. The molecule has 7 nitrogen and oxygen atoms in total. The standard InChI is InChI=1S/C18H24O2.C5H10O5S/c1-18-9-8-14-13-5-3-12(19)10-11(13)2-4-15(14)16(18)6-7-17(18)20;1-3-5-9-11(6,7)10-8-4-2/h3,5,10,14-17,19-20H,2,4,6-9H2,1H3;3H,1,4-5H2,2H3/t14-,15-,16+,17+,18+;/m1./s1. The number of phenols is 1. The van der Waals surface area contributed by atoms with Crippen LogP contribution in [0.15, 0.2) is 30.9 Å². The zero-order valence-electron chi connectivity index (χ0n) is 18.3. The Hall–Kier alpha value is -1.45. The molecule has 2 fully saturated rings. The predicted octanol–water partition coefficient (Wildman–Crippen LogP) is 4.01. The van der Waals surface area contributed by atoms with Gasteiger partial charge in [0.25, 0.3) is 0 Å². The van der Waals surface area contributed by atoms with Crippen molar-refractivity contribution in [3.05, 3.63) is 42.0 Å². The van der Waals surface area contributed by atoms with E-state index in [1.54, 1.807) is 6.92 Å². The van der Waals surface area contributed by atoms with E-state index in [1.807, 2.05) is 12.1 Å². The Morgan fingerprint density at radius 2 is 2.03 bits per heavy atom. The van der Waals surface area contributed by atoms with Crippen molar-refractivity contribution in [1.29, 1.82) is 0 Å². The van der Waals surface area contributed by atoms with Gasteiger partial charge in [-0.2, -0.15) is 8.42 Å². The molecule has 31 heavy (non-hydrogen) atoms. The van der Waals surface area contributed by atoms with Gasteiger partial charge >= 0.3 is 10.4 Å². The lowest BCUT2D eigenvalue weighted by atomic mass is 9.55. The van der Waals surface area contributed by atoms with Crippen LogP contribution in [0.2, 0.25) is 0 Å². The minimum atomic E-state index is -4.00. The molecule has 0 unspecified atom stereocenters. The van der Waals surface area contributed by atoms with Crippen molar-refractivity contribution in [3.63, 3.8) is 0 Å². The first-order valence-electron chi connectivity index (χ1n) is 11.0. The SMILES string of the molecule is C=CCOS(=O)(=O)OOCC.C[C@]12CC[C@@H]3c4ccc(O)cc4CC[C@H]3[C@@H]1CC[C@@H]2O. The number of hydrogen-bond donors (Lipinski definition) is 2. The Morgan fingerprint density at radius 3 is 2.74 bits per heavy atom. The van der Waals surface area contributed by atoms with Crippen molar-refractivity contribution in [2.24, 2.45) is 17.3 Å². The lowest BCUT2D eigenvalue weighted by Crippen LogP contribution is -2.43. The molecule has 1 aromatic carbocycles. The van der Waals surface area contributed by atoms with Crippen molar-refractivity contribution in [2.75, 3.05) is 13.2 Å². The van der Waals surface area contributed by atoms with Crippen molar-refractivity contribution in [2.45, 2.75) is 64.4 Å². The summed E-state index contributed by atoms with van der Waals surface area (Å²) in [5.74, 6) is 2.49. The molecular weight excluding hydrogens is 420 g/mol. The number of aryl methyl sites for hydroxylation is 1. The van der Waals surface area contributed by atoms with Crippen LogP contribution in [0.3, 0.4) is 0 Å². The molecule has 0 radical (unpaired) electrons. The number of aliphatic hydroxyl groups excluding tert-OH is 1. The van der Waals surface area contributed by atoms with Crippen LogP contribution < -0.4 is 0 Å². The van der Waals surface area contributed by atoms with E-state index < -0.39 is 10.4 Å². The highest BCUT2D eigenvalue weighted by Crippen LogP contribution is 2.60. The molecule has 1 aromatic rings. The summed E-state index contributed by atoms with van der Waals surface area (Å²) in [6.45, 7) is 7.17. The van der Waals surface area contributed by atoms with Gasteiger partial charge in [-0.15, -0.1) is 6.58 Å². The molecule has 0 amide bonds. The van der Waals surface area contributed by atoms with Gasteiger partial charge in [-0.05, 0) is 91.9 Å². The first-order chi connectivity index (χ1) is 14.7. The summed E-state index contributed by atoms with van der Waals surface area (Å²) in [7, 11) is -4.00. The molecule has 0 spiro atoms. The molecule has 8 heteroatoms. The minimum absolute atomic E-state index is 0.0883. The zero-order valence-corrected chi connectivity index (χ0v) is 19.1. The number of phenolic OH excluding ortho intramolecular Hbond substituents is 1. The monoisotopic (exact) mass is 454 g/mol. The van der Waals surface area contributed by atoms with Gasteiger partial charge < -0.3 is 10.2 Å². The van der Waals surface area contributed by atoms with Gasteiger partial charge in [-0.3, -0.25) is 0 Å². The molecule has 174 valence electrons. The molecule has 0 bridgehead atoms. The summed E-state index contributed by atoms with van der Waals surface area (Å²) in [5, 5.41) is 20.0. The summed E-state index contributed by atoms with van der Waals surface area (Å²) in [4.78, 5) is 4.15. The zero-order chi connectivity index (χ0) is 22.6. The number of aromatic hydroxyl groups is 1. The fourth-order valence-electron chi connectivity index (χ4n) is 5.80. The topological polar surface area (TPSA) is 102 Å². The van der Waals surface area contributed by atoms with Gasteiger partial charge in [-0.1, -0.05) is 23.4 Å². The molecular formula is C23H34O7S. The Bertz CT molecular complexity index is 869. The maximum atomic E-state index is 10.5. The van der Waals surface area contributed by atoms with Crippen molar-refractivity contribution in [3.8, 4) is 5.75 Å². The van der Waals surface area contributed by atoms with Crippen molar-refractivity contribution in [1.82, 2.24) is 0 Å². The maximum absolute atomic E-state index is 10.5. The highest BCUT2D eigenvalue weighted by Gasteiger charge is 2.54. The third-order valence-electron chi connectivity index (χ3n) is 7.24. The molecule has 3 aliphatic rings. The average Bonchev–Trinajstić information content (AvgIpc) is 3.05. The molecule has 0 aliphatic heterocycles. The molecule has 2 saturated carbocycles. The van der Waals surface area contributed by atoms with Gasteiger partial charge in [0.1, 0.15) is 5.75 Å². The Labute approximate surface area is 185 Å². The lowest BCUT2D eigenvalue weighted by molar-refractivity contribution is -0.204. The second kappa shape index (κ2) is 10.0. The van der Waals surface area contributed by atoms with Gasteiger partial charge in [0.15, 0.2) is 0 Å². The van der Waals surface area contributed by atoms with Crippen LogP contribution in [0.5, 0.6) is 5.75 Å². The third-order valence-corrected chi connectivity index (χ3v) is 7.93. The summed E-state index contributed by atoms with van der Waals surface area (Å²) in [6.07, 6.45) is 8.06. The van der Waals surface area contributed by atoms with Gasteiger partial charge in [-0.25, -0.2) is 9.07 Å². The van der Waals surface area contributed by atoms with Gasteiger partial charge in [0.05, 0.1) is 19.3 Å². The number of benzene rings is 1. The molecule has 0 heterocycles. The van der Waals surface area contributed by atoms with E-state index in [1.165, 1.54) is 36.5 Å². The minimum Gasteiger partial charge on any atom is -0.508 e. The summed E-state index contributed by atoms with van der Waals surface area (Å²) < 4.78 is 29.1. The summed E-state index contributed by atoms with van der Waals surface area (Å²) in [6, 6.07) is 5.96. The molecule has 3 aliphatic carbocycles. The maximum Gasteiger partial charge on any atom is 0.426 e. The summed E-state index contributed by atoms with van der Waals surface area (Å²) >= 11 is 0. The van der Waals surface area contributed by atoms with E-state index in [0.717, 1.165) is 25.2 Å². The number of aliphatic hydroxyl groups is 1. The molecule has 2 N–H and O–H groups in total. The molecule has 4 rings (SSSR count). The van der Waals surface area contributed by atoms with E-state index >= 15 is 0 Å². The normalized spacial score (nSPS) is 31.6. The van der Waals surface area contributed by atoms with Crippen LogP contribution in [-0.4, -0.2) is 37.9 Å². The average molecular weight is 455 g/mol.